The Hall–Kier alpha value is -2.17. The van der Waals surface area contributed by atoms with E-state index in [1.807, 2.05) is 30.3 Å². The normalized spacial score (nSPS) is 23.1. The van der Waals surface area contributed by atoms with E-state index in [-0.39, 0.29) is 0 Å². The fourth-order valence-corrected chi connectivity index (χ4v) is 2.77. The van der Waals surface area contributed by atoms with E-state index >= 15 is 0 Å². The number of rotatable bonds is 3. The first kappa shape index (κ1) is 13.8. The van der Waals surface area contributed by atoms with Crippen LogP contribution in [0.5, 0.6) is 0 Å². The van der Waals surface area contributed by atoms with Gasteiger partial charge in [-0.3, -0.25) is 14.4 Å². The largest absolute Gasteiger partial charge is 0.422 e. The molecule has 0 bridgehead atoms. The lowest BCUT2D eigenvalue weighted by molar-refractivity contribution is -0.238. The summed E-state index contributed by atoms with van der Waals surface area (Å²) < 4.78 is 10.1. The molecule has 5 nitrogen and oxygen atoms in total. The quantitative estimate of drug-likeness (QED) is 0.626. The molecule has 1 heterocycles. The van der Waals surface area contributed by atoms with Gasteiger partial charge in [-0.05, 0) is 18.4 Å². The lowest BCUT2D eigenvalue weighted by Crippen LogP contribution is -2.51. The van der Waals surface area contributed by atoms with Crippen LogP contribution in [0.2, 0.25) is 0 Å². The molecule has 1 aromatic rings. The van der Waals surface area contributed by atoms with E-state index in [1.54, 1.807) is 0 Å². The highest BCUT2D eigenvalue weighted by atomic mass is 16.7. The monoisotopic (exact) mass is 288 g/mol. The summed E-state index contributed by atoms with van der Waals surface area (Å²) in [5, 5.41) is 0. The van der Waals surface area contributed by atoms with Crippen molar-refractivity contribution in [2.45, 2.75) is 37.9 Å². The van der Waals surface area contributed by atoms with Crippen LogP contribution in [0.1, 0.15) is 32.3 Å². The molecule has 2 aliphatic rings. The van der Waals surface area contributed by atoms with E-state index in [0.717, 1.165) is 5.56 Å². The Balaban J connectivity index is 1.89. The third-order valence-corrected chi connectivity index (χ3v) is 3.97. The Morgan fingerprint density at radius 2 is 1.57 bits per heavy atom. The zero-order valence-electron chi connectivity index (χ0n) is 11.9. The molecule has 1 saturated heterocycles. The summed E-state index contributed by atoms with van der Waals surface area (Å²) >= 11 is 0. The molecule has 0 aromatic heterocycles. The number of esters is 2. The minimum Gasteiger partial charge on any atom is -0.422 e. The van der Waals surface area contributed by atoms with Crippen molar-refractivity contribution in [3.63, 3.8) is 0 Å². The maximum atomic E-state index is 12.7. The lowest BCUT2D eigenvalue weighted by atomic mass is 9.84. The molecule has 1 aliphatic heterocycles. The van der Waals surface area contributed by atoms with Gasteiger partial charge in [0.15, 0.2) is 5.78 Å². The Labute approximate surface area is 122 Å². The molecule has 0 amide bonds. The second-order valence-corrected chi connectivity index (χ2v) is 5.99. The maximum Gasteiger partial charge on any atom is 0.331 e. The van der Waals surface area contributed by atoms with Crippen LogP contribution in [-0.4, -0.2) is 23.5 Å². The van der Waals surface area contributed by atoms with E-state index in [2.05, 4.69) is 0 Å². The molecule has 1 saturated carbocycles. The van der Waals surface area contributed by atoms with Gasteiger partial charge in [-0.2, -0.15) is 0 Å². The molecule has 110 valence electrons. The highest BCUT2D eigenvalue weighted by Crippen LogP contribution is 2.51. The summed E-state index contributed by atoms with van der Waals surface area (Å²) in [6.45, 7) is 2.93. The van der Waals surface area contributed by atoms with Crippen LogP contribution < -0.4 is 0 Å². The van der Waals surface area contributed by atoms with E-state index < -0.39 is 34.8 Å². The number of carbonyl (C=O) groups excluding carboxylic acids is 3. The first-order chi connectivity index (χ1) is 9.86. The molecule has 1 aromatic carbocycles. The first-order valence-electron chi connectivity index (χ1n) is 6.91. The lowest BCUT2D eigenvalue weighted by Gasteiger charge is -2.33. The molecule has 0 N–H and O–H groups in total. The van der Waals surface area contributed by atoms with Crippen molar-refractivity contribution in [2.75, 3.05) is 0 Å². The van der Waals surface area contributed by atoms with Gasteiger partial charge >= 0.3 is 11.9 Å². The minimum atomic E-state index is -1.47. The Morgan fingerprint density at radius 1 is 1.05 bits per heavy atom. The fraction of sp³-hybridized carbons (Fsp3) is 0.438. The molecule has 0 spiro atoms. The van der Waals surface area contributed by atoms with Crippen molar-refractivity contribution < 1.29 is 23.9 Å². The molecular weight excluding hydrogens is 272 g/mol. The van der Waals surface area contributed by atoms with Gasteiger partial charge in [-0.1, -0.05) is 30.3 Å². The number of ketones is 1. The summed E-state index contributed by atoms with van der Waals surface area (Å²) in [7, 11) is 0. The fourth-order valence-electron chi connectivity index (χ4n) is 2.77. The molecule has 3 rings (SSSR count). The van der Waals surface area contributed by atoms with Crippen LogP contribution in [0.4, 0.5) is 0 Å². The average Bonchev–Trinajstić information content (AvgIpc) is 3.18. The smallest absolute Gasteiger partial charge is 0.331 e. The highest BCUT2D eigenvalue weighted by molar-refractivity contribution is 6.19. The van der Waals surface area contributed by atoms with Gasteiger partial charge in [0, 0.05) is 13.8 Å². The standard InChI is InChI=1S/C16H16O5/c1-15(2)20-13(18)11(14(19)21-15)12(17)16(8-9-16)10-6-4-3-5-7-10/h3-7,11H,8-9H2,1-2H3. The van der Waals surface area contributed by atoms with Crippen molar-refractivity contribution in [3.8, 4) is 0 Å². The van der Waals surface area contributed by atoms with Gasteiger partial charge in [-0.15, -0.1) is 0 Å². The zero-order chi connectivity index (χ0) is 15.3. The maximum absolute atomic E-state index is 12.7. The van der Waals surface area contributed by atoms with Crippen molar-refractivity contribution in [2.24, 2.45) is 5.92 Å². The second-order valence-electron chi connectivity index (χ2n) is 5.99. The van der Waals surface area contributed by atoms with Crippen molar-refractivity contribution >= 4 is 17.7 Å². The van der Waals surface area contributed by atoms with Gasteiger partial charge in [0.2, 0.25) is 5.92 Å². The molecular formula is C16H16O5. The molecule has 1 aliphatic carbocycles. The Bertz CT molecular complexity index is 593. The third kappa shape index (κ3) is 2.22. The summed E-state index contributed by atoms with van der Waals surface area (Å²) in [6.07, 6.45) is 1.27. The van der Waals surface area contributed by atoms with E-state index in [9.17, 15) is 14.4 Å². The van der Waals surface area contributed by atoms with Gasteiger partial charge < -0.3 is 9.47 Å². The summed E-state index contributed by atoms with van der Waals surface area (Å²) in [6, 6.07) is 9.21. The number of hydrogen-bond donors (Lipinski definition) is 0. The molecule has 0 unspecified atom stereocenters. The number of Topliss-reactive ketones (excluding diaryl/α,β-unsaturated/α-hetero) is 1. The van der Waals surface area contributed by atoms with Gasteiger partial charge in [0.05, 0.1) is 5.41 Å². The van der Waals surface area contributed by atoms with Crippen LogP contribution in [0, 0.1) is 5.92 Å². The summed E-state index contributed by atoms with van der Waals surface area (Å²) in [4.78, 5) is 36.8. The third-order valence-electron chi connectivity index (χ3n) is 3.97. The molecule has 0 radical (unpaired) electrons. The van der Waals surface area contributed by atoms with Crippen molar-refractivity contribution in [3.05, 3.63) is 35.9 Å². The topological polar surface area (TPSA) is 69.7 Å². The number of cyclic esters (lactones) is 2. The minimum absolute atomic E-state index is 0.417. The predicted octanol–water partition coefficient (Wildman–Crippen LogP) is 1.74. The highest BCUT2D eigenvalue weighted by Gasteiger charge is 2.59. The van der Waals surface area contributed by atoms with Crippen LogP contribution in [0.25, 0.3) is 0 Å². The summed E-state index contributed by atoms with van der Waals surface area (Å²) in [5.74, 6) is -4.83. The number of hydrogen-bond acceptors (Lipinski definition) is 5. The number of benzene rings is 1. The van der Waals surface area contributed by atoms with E-state index in [4.69, 9.17) is 9.47 Å². The Morgan fingerprint density at radius 3 is 2.05 bits per heavy atom. The van der Waals surface area contributed by atoms with Gasteiger partial charge in [0.25, 0.3) is 5.79 Å². The van der Waals surface area contributed by atoms with Crippen molar-refractivity contribution in [1.82, 2.24) is 0 Å². The average molecular weight is 288 g/mol. The van der Waals surface area contributed by atoms with Crippen LogP contribution in [0.3, 0.4) is 0 Å². The second kappa shape index (κ2) is 4.41. The van der Waals surface area contributed by atoms with Crippen LogP contribution >= 0.6 is 0 Å². The zero-order valence-corrected chi connectivity index (χ0v) is 11.9. The number of carbonyl (C=O) groups is 3. The van der Waals surface area contributed by atoms with E-state index in [1.165, 1.54) is 13.8 Å². The molecule has 0 atom stereocenters. The van der Waals surface area contributed by atoms with E-state index in [0.29, 0.717) is 12.8 Å². The first-order valence-corrected chi connectivity index (χ1v) is 6.91. The Kier molecular flexibility index (Phi) is 2.90. The molecule has 5 heteroatoms. The molecule has 2 fully saturated rings. The van der Waals surface area contributed by atoms with Gasteiger partial charge in [0.1, 0.15) is 0 Å². The van der Waals surface area contributed by atoms with Crippen molar-refractivity contribution in [1.29, 1.82) is 0 Å². The predicted molar refractivity (Wildman–Crippen MR) is 72.1 cm³/mol. The molecule has 21 heavy (non-hydrogen) atoms. The SMILES string of the molecule is CC1(C)OC(=O)C(C(=O)C2(c3ccccc3)CC2)C(=O)O1. The van der Waals surface area contributed by atoms with Gasteiger partial charge in [-0.25, -0.2) is 0 Å². The number of ether oxygens (including phenoxy) is 2. The summed E-state index contributed by atoms with van der Waals surface area (Å²) in [5.41, 5.74) is 0.0891. The van der Waals surface area contributed by atoms with Crippen LogP contribution in [0.15, 0.2) is 30.3 Å². The van der Waals surface area contributed by atoms with Crippen LogP contribution in [-0.2, 0) is 29.3 Å².